The largest absolute Gasteiger partial charge is 0.396 e. The zero-order valence-electron chi connectivity index (χ0n) is 10.8. The van der Waals surface area contributed by atoms with Crippen LogP contribution in [0.15, 0.2) is 4.47 Å². The Kier molecular flexibility index (Phi) is 6.16. The molecule has 1 rings (SSSR count). The summed E-state index contributed by atoms with van der Waals surface area (Å²) in [7, 11) is 0. The second-order valence-electron chi connectivity index (χ2n) is 4.16. The normalized spacial score (nSPS) is 13.0. The first-order chi connectivity index (χ1) is 8.13. The van der Waals surface area contributed by atoms with Gasteiger partial charge in [0.25, 0.3) is 0 Å². The molecular weight excluding hydrogens is 282 g/mol. The monoisotopic (exact) mass is 303 g/mol. The molecule has 0 aliphatic heterocycles. The number of nitrogens with one attached hydrogen (secondary N) is 1. The van der Waals surface area contributed by atoms with Crippen molar-refractivity contribution in [2.75, 3.05) is 6.61 Å². The van der Waals surface area contributed by atoms with Gasteiger partial charge < -0.3 is 10.4 Å². The van der Waals surface area contributed by atoms with Crippen LogP contribution in [0.2, 0.25) is 0 Å². The van der Waals surface area contributed by atoms with Gasteiger partial charge in [-0.1, -0.05) is 6.92 Å². The summed E-state index contributed by atoms with van der Waals surface area (Å²) in [5.41, 5.74) is 2.21. The molecule has 0 aromatic carbocycles. The highest BCUT2D eigenvalue weighted by Gasteiger charge is 2.13. The van der Waals surface area contributed by atoms with Crippen molar-refractivity contribution in [3.8, 4) is 0 Å². The van der Waals surface area contributed by atoms with E-state index in [4.69, 9.17) is 5.11 Å². The molecule has 0 saturated heterocycles. The summed E-state index contributed by atoms with van der Waals surface area (Å²) in [6.07, 6.45) is 1.82. The van der Waals surface area contributed by atoms with Crippen LogP contribution in [0.4, 0.5) is 0 Å². The van der Waals surface area contributed by atoms with E-state index in [2.05, 4.69) is 40.2 Å². The smallest absolute Gasteiger partial charge is 0.0739 e. The second-order valence-corrected chi connectivity index (χ2v) is 4.95. The van der Waals surface area contributed by atoms with Gasteiger partial charge >= 0.3 is 0 Å². The Bertz CT molecular complexity index is 352. The average Bonchev–Trinajstić information content (AvgIpc) is 2.61. The number of aromatic nitrogens is 2. The van der Waals surface area contributed by atoms with Crippen molar-refractivity contribution < 1.29 is 5.11 Å². The van der Waals surface area contributed by atoms with E-state index in [0.717, 1.165) is 36.1 Å². The van der Waals surface area contributed by atoms with Crippen molar-refractivity contribution in [3.05, 3.63) is 15.9 Å². The highest BCUT2D eigenvalue weighted by Crippen LogP contribution is 2.21. The summed E-state index contributed by atoms with van der Waals surface area (Å²) >= 11 is 3.58. The third-order valence-electron chi connectivity index (χ3n) is 2.98. The first-order valence-corrected chi connectivity index (χ1v) is 6.99. The summed E-state index contributed by atoms with van der Waals surface area (Å²) in [5.74, 6) is 0. The third kappa shape index (κ3) is 3.79. The molecule has 0 amide bonds. The van der Waals surface area contributed by atoms with E-state index < -0.39 is 0 Å². The maximum atomic E-state index is 8.96. The van der Waals surface area contributed by atoms with Gasteiger partial charge in [0.15, 0.2) is 0 Å². The van der Waals surface area contributed by atoms with Crippen molar-refractivity contribution >= 4 is 15.9 Å². The van der Waals surface area contributed by atoms with Gasteiger partial charge in [-0.25, -0.2) is 0 Å². The predicted molar refractivity (Wildman–Crippen MR) is 73.0 cm³/mol. The molecule has 1 atom stereocenters. The Morgan fingerprint density at radius 2 is 2.18 bits per heavy atom. The molecule has 0 bridgehead atoms. The van der Waals surface area contributed by atoms with E-state index in [9.17, 15) is 0 Å². The van der Waals surface area contributed by atoms with Crippen molar-refractivity contribution in [1.82, 2.24) is 15.1 Å². The molecule has 0 aliphatic rings. The van der Waals surface area contributed by atoms with E-state index in [0.29, 0.717) is 6.04 Å². The van der Waals surface area contributed by atoms with E-state index in [1.807, 2.05) is 11.6 Å². The molecule has 0 fully saturated rings. The summed E-state index contributed by atoms with van der Waals surface area (Å²) in [4.78, 5) is 0. The van der Waals surface area contributed by atoms with Gasteiger partial charge in [0.1, 0.15) is 0 Å². The van der Waals surface area contributed by atoms with Crippen LogP contribution >= 0.6 is 15.9 Å². The molecule has 0 aliphatic carbocycles. The SMILES string of the molecule is CCC(CCO)NCc1c(Br)c(C)nn1CC. The molecule has 0 saturated carbocycles. The second kappa shape index (κ2) is 7.13. The predicted octanol–water partition coefficient (Wildman–Crippen LogP) is 2.22. The quantitative estimate of drug-likeness (QED) is 0.812. The first kappa shape index (κ1) is 14.7. The maximum Gasteiger partial charge on any atom is 0.0739 e. The lowest BCUT2D eigenvalue weighted by atomic mass is 10.1. The van der Waals surface area contributed by atoms with Crippen LogP contribution in [0.1, 0.15) is 38.1 Å². The lowest BCUT2D eigenvalue weighted by Crippen LogP contribution is -2.30. The minimum atomic E-state index is 0.235. The van der Waals surface area contributed by atoms with Crippen LogP contribution < -0.4 is 5.32 Å². The fourth-order valence-electron chi connectivity index (χ4n) is 1.89. The fraction of sp³-hybridized carbons (Fsp3) is 0.750. The van der Waals surface area contributed by atoms with Crippen LogP contribution in [0.25, 0.3) is 0 Å². The van der Waals surface area contributed by atoms with Gasteiger partial charge in [0, 0.05) is 25.7 Å². The average molecular weight is 304 g/mol. The van der Waals surface area contributed by atoms with E-state index in [1.54, 1.807) is 0 Å². The van der Waals surface area contributed by atoms with Crippen LogP contribution in [0, 0.1) is 6.92 Å². The third-order valence-corrected chi connectivity index (χ3v) is 4.01. The zero-order chi connectivity index (χ0) is 12.8. The molecule has 5 heteroatoms. The van der Waals surface area contributed by atoms with E-state index in [-0.39, 0.29) is 6.61 Å². The first-order valence-electron chi connectivity index (χ1n) is 6.20. The number of aryl methyl sites for hydroxylation is 2. The number of hydrogen-bond donors (Lipinski definition) is 2. The Balaban J connectivity index is 2.67. The number of hydrogen-bond acceptors (Lipinski definition) is 3. The number of rotatable bonds is 7. The van der Waals surface area contributed by atoms with Crippen LogP contribution in [-0.4, -0.2) is 27.5 Å². The Labute approximate surface area is 112 Å². The zero-order valence-corrected chi connectivity index (χ0v) is 12.4. The van der Waals surface area contributed by atoms with Gasteiger partial charge in [0.2, 0.25) is 0 Å². The minimum Gasteiger partial charge on any atom is -0.396 e. The summed E-state index contributed by atoms with van der Waals surface area (Å²) in [5, 5.41) is 16.9. The molecule has 0 radical (unpaired) electrons. The molecule has 1 aromatic heterocycles. The van der Waals surface area contributed by atoms with Gasteiger partial charge in [-0.3, -0.25) is 4.68 Å². The van der Waals surface area contributed by atoms with Crippen molar-refractivity contribution in [3.63, 3.8) is 0 Å². The topological polar surface area (TPSA) is 50.1 Å². The molecule has 1 heterocycles. The number of halogens is 1. The Hall–Kier alpha value is -0.390. The fourth-order valence-corrected chi connectivity index (χ4v) is 2.31. The van der Waals surface area contributed by atoms with Crippen molar-refractivity contribution in [2.24, 2.45) is 0 Å². The lowest BCUT2D eigenvalue weighted by Gasteiger charge is -2.16. The van der Waals surface area contributed by atoms with Crippen LogP contribution in [-0.2, 0) is 13.1 Å². The highest BCUT2D eigenvalue weighted by atomic mass is 79.9. The minimum absolute atomic E-state index is 0.235. The summed E-state index contributed by atoms with van der Waals surface area (Å²) in [6.45, 7) is 8.12. The Morgan fingerprint density at radius 1 is 1.47 bits per heavy atom. The van der Waals surface area contributed by atoms with Gasteiger partial charge in [-0.2, -0.15) is 5.10 Å². The van der Waals surface area contributed by atoms with Gasteiger partial charge in [0.05, 0.1) is 15.9 Å². The number of aliphatic hydroxyl groups excluding tert-OH is 1. The van der Waals surface area contributed by atoms with Crippen LogP contribution in [0.3, 0.4) is 0 Å². The van der Waals surface area contributed by atoms with Crippen molar-refractivity contribution in [1.29, 1.82) is 0 Å². The van der Waals surface area contributed by atoms with Gasteiger partial charge in [-0.15, -0.1) is 0 Å². The molecule has 1 unspecified atom stereocenters. The van der Waals surface area contributed by atoms with E-state index in [1.165, 1.54) is 5.69 Å². The van der Waals surface area contributed by atoms with Crippen LogP contribution in [0.5, 0.6) is 0 Å². The molecular formula is C12H22BrN3O. The molecule has 1 aromatic rings. The Morgan fingerprint density at radius 3 is 2.71 bits per heavy atom. The van der Waals surface area contributed by atoms with Gasteiger partial charge in [-0.05, 0) is 42.6 Å². The molecule has 2 N–H and O–H groups in total. The number of nitrogens with zero attached hydrogens (tertiary/aromatic N) is 2. The summed E-state index contributed by atoms with van der Waals surface area (Å²) in [6, 6.07) is 0.368. The summed E-state index contributed by atoms with van der Waals surface area (Å²) < 4.78 is 3.10. The standard InChI is InChI=1S/C12H22BrN3O/c1-4-10(6-7-17)14-8-11-12(13)9(3)15-16(11)5-2/h10,14,17H,4-8H2,1-3H3. The lowest BCUT2D eigenvalue weighted by molar-refractivity contribution is 0.261. The molecule has 98 valence electrons. The molecule has 4 nitrogen and oxygen atoms in total. The van der Waals surface area contributed by atoms with Crippen molar-refractivity contribution in [2.45, 2.75) is 52.7 Å². The number of aliphatic hydroxyl groups is 1. The van der Waals surface area contributed by atoms with E-state index >= 15 is 0 Å². The highest BCUT2D eigenvalue weighted by molar-refractivity contribution is 9.10. The molecule has 17 heavy (non-hydrogen) atoms. The maximum absolute atomic E-state index is 8.96. The molecule has 0 spiro atoms.